The topological polar surface area (TPSA) is 103 Å². The molecule has 0 saturated carbocycles. The smallest absolute Gasteiger partial charge is 0.410 e. The molecule has 4 rings (SSSR count). The number of carbonyl (C=O) groups is 3. The maximum Gasteiger partial charge on any atom is 0.410 e. The van der Waals surface area contributed by atoms with Crippen molar-refractivity contribution in [2.75, 3.05) is 13.1 Å². The number of rotatable bonds is 11. The molecule has 0 aromatic heterocycles. The van der Waals surface area contributed by atoms with E-state index in [1.807, 2.05) is 63.2 Å². The van der Waals surface area contributed by atoms with Crippen molar-refractivity contribution < 1.29 is 33.0 Å². The van der Waals surface area contributed by atoms with Crippen molar-refractivity contribution in [1.29, 1.82) is 0 Å². The Kier molecular flexibility index (Phi) is 12.4. The van der Waals surface area contributed by atoms with Gasteiger partial charge in [-0.3, -0.25) is 4.79 Å². The third kappa shape index (κ3) is 10.1. The Hall–Kier alpha value is -4.31. The number of hydrogen-bond acceptors (Lipinski definition) is 7. The lowest BCUT2D eigenvalue weighted by molar-refractivity contribution is 0.0125. The quantitative estimate of drug-likeness (QED) is 0.158. The Morgan fingerprint density at radius 1 is 0.900 bits per heavy atom. The molecule has 3 aromatic carbocycles. The highest BCUT2D eigenvalue weighted by Gasteiger charge is 2.45. The van der Waals surface area contributed by atoms with E-state index in [0.29, 0.717) is 36.6 Å². The first-order chi connectivity index (χ1) is 23.5. The summed E-state index contributed by atoms with van der Waals surface area (Å²) in [6, 6.07) is 23.1. The van der Waals surface area contributed by atoms with Crippen molar-refractivity contribution in [1.82, 2.24) is 10.2 Å². The van der Waals surface area contributed by atoms with E-state index in [9.17, 15) is 14.4 Å². The Labute approximate surface area is 298 Å². The number of hydrogen-bond donors (Lipinski definition) is 1. The standard InChI is InChI=1S/C40H54N2O7Si/c1-28(2)40(6,7)50(8,9)49-31-23-21-30(22-24-31)36(43)41-33-26-42(38(45)48-39(3,4)5)25-15-20-35(33)47-37(44)32-18-13-14-19-34(32)46-27-29-16-11-10-12-17-29/h10-14,16-19,21-24,28,33,35H,15,20,25-27H2,1-9H3,(H,41,43)/t33-,35-/m1/s1. The Morgan fingerprint density at radius 2 is 1.54 bits per heavy atom. The third-order valence-electron chi connectivity index (χ3n) is 9.84. The average molecular weight is 703 g/mol. The second-order valence-electron chi connectivity index (χ2n) is 15.4. The van der Waals surface area contributed by atoms with Crippen LogP contribution in [0.15, 0.2) is 78.9 Å². The summed E-state index contributed by atoms with van der Waals surface area (Å²) in [5.41, 5.74) is 0.986. The van der Waals surface area contributed by atoms with Gasteiger partial charge in [-0.15, -0.1) is 0 Å². The minimum Gasteiger partial charge on any atom is -0.543 e. The number of likely N-dealkylation sites (tertiary alicyclic amines) is 1. The lowest BCUT2D eigenvalue weighted by Crippen LogP contribution is -2.51. The summed E-state index contributed by atoms with van der Waals surface area (Å²) in [7, 11) is -2.14. The lowest BCUT2D eigenvalue weighted by Gasteiger charge is -2.42. The number of para-hydroxylation sites is 1. The molecular formula is C40H54N2O7Si. The first-order valence-corrected chi connectivity index (χ1v) is 20.4. The predicted molar refractivity (Wildman–Crippen MR) is 198 cm³/mol. The Morgan fingerprint density at radius 3 is 2.18 bits per heavy atom. The molecule has 1 aliphatic heterocycles. The molecule has 1 saturated heterocycles. The van der Waals surface area contributed by atoms with E-state index in [4.69, 9.17) is 18.6 Å². The molecule has 9 nitrogen and oxygen atoms in total. The van der Waals surface area contributed by atoms with Gasteiger partial charge in [0.25, 0.3) is 14.2 Å². The second kappa shape index (κ2) is 16.1. The third-order valence-corrected chi connectivity index (χ3v) is 14.3. The minimum absolute atomic E-state index is 0.0313. The number of esters is 1. The highest BCUT2D eigenvalue weighted by molar-refractivity contribution is 6.75. The SMILES string of the molecule is CC(C)C(C)(C)[Si](C)(C)Oc1ccc(C(=O)N[C@@H]2CN(C(=O)OC(C)(C)C)CCC[C@H]2OC(=O)c2ccccc2OCc2ccccc2)cc1. The van der Waals surface area contributed by atoms with Crippen LogP contribution in [0.2, 0.25) is 18.1 Å². The van der Waals surface area contributed by atoms with Crippen molar-refractivity contribution in [2.24, 2.45) is 5.92 Å². The zero-order valence-electron chi connectivity index (χ0n) is 31.1. The lowest BCUT2D eigenvalue weighted by atomic mass is 9.99. The van der Waals surface area contributed by atoms with Crippen molar-refractivity contribution in [3.8, 4) is 11.5 Å². The van der Waals surface area contributed by atoms with E-state index >= 15 is 0 Å². The summed E-state index contributed by atoms with van der Waals surface area (Å²) in [6.45, 7) is 19.6. The van der Waals surface area contributed by atoms with Crippen LogP contribution in [0.4, 0.5) is 4.79 Å². The van der Waals surface area contributed by atoms with Crippen LogP contribution < -0.4 is 14.5 Å². The van der Waals surface area contributed by atoms with Gasteiger partial charge in [-0.2, -0.15) is 0 Å². The van der Waals surface area contributed by atoms with Crippen molar-refractivity contribution in [3.63, 3.8) is 0 Å². The fraction of sp³-hybridized carbons (Fsp3) is 0.475. The van der Waals surface area contributed by atoms with Crippen LogP contribution in [0.3, 0.4) is 0 Å². The van der Waals surface area contributed by atoms with Crippen molar-refractivity contribution in [3.05, 3.63) is 95.6 Å². The molecule has 0 unspecified atom stereocenters. The zero-order chi connectivity index (χ0) is 36.7. The largest absolute Gasteiger partial charge is 0.543 e. The monoisotopic (exact) mass is 702 g/mol. The van der Waals surface area contributed by atoms with Gasteiger partial charge in [-0.05, 0) is 99.6 Å². The number of amides is 2. The Balaban J connectivity index is 1.53. The molecule has 270 valence electrons. The van der Waals surface area contributed by atoms with Crippen molar-refractivity contribution in [2.45, 2.75) is 104 Å². The first kappa shape index (κ1) is 38.5. The molecule has 2 amide bonds. The van der Waals surface area contributed by atoms with Crippen LogP contribution in [0.1, 0.15) is 87.6 Å². The molecule has 50 heavy (non-hydrogen) atoms. The van der Waals surface area contributed by atoms with E-state index in [1.165, 1.54) is 0 Å². The number of benzene rings is 3. The average Bonchev–Trinajstić information content (AvgIpc) is 3.25. The van der Waals surface area contributed by atoms with Gasteiger partial charge in [0.1, 0.15) is 35.4 Å². The normalized spacial score (nSPS) is 17.0. The summed E-state index contributed by atoms with van der Waals surface area (Å²) in [6.07, 6.45) is -0.218. The maximum absolute atomic E-state index is 13.7. The van der Waals surface area contributed by atoms with Gasteiger partial charge in [0.05, 0.1) is 6.04 Å². The summed E-state index contributed by atoms with van der Waals surface area (Å²) in [5.74, 6) is 0.653. The maximum atomic E-state index is 13.7. The van der Waals surface area contributed by atoms with E-state index in [0.717, 1.165) is 11.3 Å². The molecule has 3 aromatic rings. The van der Waals surface area contributed by atoms with Crippen LogP contribution in [0, 0.1) is 5.92 Å². The molecule has 0 spiro atoms. The summed E-state index contributed by atoms with van der Waals surface area (Å²) >= 11 is 0. The van der Waals surface area contributed by atoms with Gasteiger partial charge in [0.2, 0.25) is 0 Å². The number of ether oxygens (including phenoxy) is 3. The summed E-state index contributed by atoms with van der Waals surface area (Å²) in [5, 5.41) is 3.10. The Bertz CT molecular complexity index is 1600. The van der Waals surface area contributed by atoms with Gasteiger partial charge in [0, 0.05) is 18.7 Å². The molecule has 10 heteroatoms. The van der Waals surface area contributed by atoms with E-state index in [-0.39, 0.29) is 29.7 Å². The van der Waals surface area contributed by atoms with Crippen LogP contribution in [-0.2, 0) is 16.1 Å². The van der Waals surface area contributed by atoms with Gasteiger partial charge >= 0.3 is 12.1 Å². The number of nitrogens with zero attached hydrogens (tertiary/aromatic N) is 1. The fourth-order valence-electron chi connectivity index (χ4n) is 5.65. The van der Waals surface area contributed by atoms with Crippen LogP contribution in [0.5, 0.6) is 11.5 Å². The highest BCUT2D eigenvalue weighted by Crippen LogP contribution is 2.44. The summed E-state index contributed by atoms with van der Waals surface area (Å²) in [4.78, 5) is 42.1. The highest BCUT2D eigenvalue weighted by atomic mass is 28.4. The molecule has 1 N–H and O–H groups in total. The molecule has 1 aliphatic rings. The van der Waals surface area contributed by atoms with E-state index < -0.39 is 38.1 Å². The predicted octanol–water partition coefficient (Wildman–Crippen LogP) is 8.64. The van der Waals surface area contributed by atoms with Gasteiger partial charge < -0.3 is 28.9 Å². The first-order valence-electron chi connectivity index (χ1n) is 17.5. The summed E-state index contributed by atoms with van der Waals surface area (Å²) < 4.78 is 24.4. The number of nitrogens with one attached hydrogen (secondary N) is 1. The van der Waals surface area contributed by atoms with Gasteiger partial charge in [-0.1, -0.05) is 70.2 Å². The fourth-order valence-corrected chi connectivity index (χ4v) is 8.03. The molecule has 0 bridgehead atoms. The van der Waals surface area contributed by atoms with Crippen LogP contribution in [-0.4, -0.2) is 62.0 Å². The molecular weight excluding hydrogens is 649 g/mol. The van der Waals surface area contributed by atoms with Crippen LogP contribution >= 0.6 is 0 Å². The molecule has 2 atom stereocenters. The van der Waals surface area contributed by atoms with Gasteiger partial charge in [0.15, 0.2) is 0 Å². The van der Waals surface area contributed by atoms with Crippen LogP contribution in [0.25, 0.3) is 0 Å². The van der Waals surface area contributed by atoms with Gasteiger partial charge in [-0.25, -0.2) is 9.59 Å². The van der Waals surface area contributed by atoms with E-state index in [2.05, 4.69) is 46.1 Å². The zero-order valence-corrected chi connectivity index (χ0v) is 32.1. The second-order valence-corrected chi connectivity index (χ2v) is 19.9. The molecule has 1 heterocycles. The molecule has 0 radical (unpaired) electrons. The minimum atomic E-state index is -2.14. The van der Waals surface area contributed by atoms with E-state index in [1.54, 1.807) is 41.3 Å². The van der Waals surface area contributed by atoms with Crippen molar-refractivity contribution >= 4 is 26.3 Å². The molecule has 0 aliphatic carbocycles. The molecule has 1 fully saturated rings. The number of carbonyl (C=O) groups excluding carboxylic acids is 3.